The molecular formula is C22H47Li3. The second-order valence-electron chi connectivity index (χ2n) is 7.74. The molecule has 0 saturated carbocycles. The van der Waals surface area contributed by atoms with Gasteiger partial charge in [-0.05, 0) is 0 Å². The first-order valence-electron chi connectivity index (χ1n) is 9.61. The van der Waals surface area contributed by atoms with E-state index in [-0.39, 0.29) is 56.6 Å². The molecule has 0 N–H and O–H groups in total. The minimum atomic E-state index is 0. The molecule has 0 amide bonds. The molecule has 3 heteroatoms. The summed E-state index contributed by atoms with van der Waals surface area (Å²) in [6.45, 7) is 21.4. The van der Waals surface area contributed by atoms with Crippen molar-refractivity contribution < 1.29 is 56.6 Å². The molecule has 0 radical (unpaired) electrons. The average molecular weight is 332 g/mol. The quantitative estimate of drug-likeness (QED) is 0.307. The topological polar surface area (TPSA) is 0 Å². The van der Waals surface area contributed by atoms with Gasteiger partial charge in [-0.25, -0.2) is 0 Å². The molecule has 0 aliphatic carbocycles. The summed E-state index contributed by atoms with van der Waals surface area (Å²) in [5.41, 5.74) is 0.485. The molecule has 0 saturated heterocycles. The van der Waals surface area contributed by atoms with E-state index in [9.17, 15) is 0 Å². The molecule has 0 rings (SSSR count). The Labute approximate surface area is 199 Å². The molecule has 0 atom stereocenters. The monoisotopic (exact) mass is 332 g/mol. The van der Waals surface area contributed by atoms with E-state index >= 15 is 0 Å². The van der Waals surface area contributed by atoms with Crippen LogP contribution in [0.4, 0.5) is 0 Å². The van der Waals surface area contributed by atoms with Crippen LogP contribution in [0.1, 0.15) is 120 Å². The zero-order valence-corrected chi connectivity index (χ0v) is 20.4. The molecule has 0 aromatic rings. The zero-order valence-electron chi connectivity index (χ0n) is 20.4. The Balaban J connectivity index is -0.0000000548. The maximum Gasteiger partial charge on any atom is 1.00 e. The Morgan fingerprint density at radius 3 is 1.36 bits per heavy atom. The van der Waals surface area contributed by atoms with E-state index in [1.54, 1.807) is 0 Å². The summed E-state index contributed by atoms with van der Waals surface area (Å²) in [6, 6.07) is 0. The fraction of sp³-hybridized carbons (Fsp3) is 0.864. The number of unbranched alkanes of at least 4 members (excludes halogenated alkanes) is 8. The normalized spacial score (nSPS) is 9.36. The minimum absolute atomic E-state index is 0. The van der Waals surface area contributed by atoms with Crippen molar-refractivity contribution in [1.29, 1.82) is 0 Å². The van der Waals surface area contributed by atoms with E-state index in [2.05, 4.69) is 68.7 Å². The fourth-order valence-electron chi connectivity index (χ4n) is 2.19. The van der Waals surface area contributed by atoms with Gasteiger partial charge in [0, 0.05) is 0 Å². The Hall–Kier alpha value is 1.79. The summed E-state index contributed by atoms with van der Waals surface area (Å²) in [5, 5.41) is 0. The third-order valence-electron chi connectivity index (χ3n) is 3.15. The van der Waals surface area contributed by atoms with Gasteiger partial charge in [-0.15, -0.1) is 0 Å². The first kappa shape index (κ1) is 41.2. The van der Waals surface area contributed by atoms with Crippen molar-refractivity contribution in [2.45, 2.75) is 120 Å². The average Bonchev–Trinajstić information content (AvgIpc) is 2.41. The predicted octanol–water partition coefficient (Wildman–Crippen LogP) is -0.369. The SMILES string of the molecule is C[C-](C)CC(C)(C)C.C[CH-]CC.[CH2-]CCCCCCCCC.[Li+].[Li+].[Li+]. The molecule has 0 aliphatic heterocycles. The van der Waals surface area contributed by atoms with Crippen molar-refractivity contribution in [3.05, 3.63) is 19.3 Å². The molecule has 0 spiro atoms. The van der Waals surface area contributed by atoms with Crippen molar-refractivity contribution in [2.75, 3.05) is 0 Å². The summed E-state index contributed by atoms with van der Waals surface area (Å²) in [6.07, 6.45) is 15.5. The van der Waals surface area contributed by atoms with E-state index < -0.39 is 0 Å². The number of hydrogen-bond donors (Lipinski definition) is 0. The molecule has 0 aromatic heterocycles. The van der Waals surface area contributed by atoms with Crippen molar-refractivity contribution in [3.63, 3.8) is 0 Å². The van der Waals surface area contributed by atoms with E-state index in [4.69, 9.17) is 0 Å². The standard InChI is InChI=1S/C10H21.C8H17.C4H9.3Li/c1-3-5-7-9-10-8-6-4-2;1-7(2)6-8(3,4)5;1-3-4-2;;;/h1,3-10H2,2H3;6H2,1-5H3;3H,4H2,1-2H3;;;/q3*-1;3*+1. The van der Waals surface area contributed by atoms with Gasteiger partial charge in [-0.2, -0.15) is 40.0 Å². The van der Waals surface area contributed by atoms with Gasteiger partial charge in [-0.1, -0.05) is 85.0 Å². The van der Waals surface area contributed by atoms with E-state index in [0.717, 1.165) is 6.42 Å². The summed E-state index contributed by atoms with van der Waals surface area (Å²) >= 11 is 0. The molecule has 0 heterocycles. The van der Waals surface area contributed by atoms with Crippen LogP contribution in [0.2, 0.25) is 0 Å². The minimum Gasteiger partial charge on any atom is -0.343 e. The smallest absolute Gasteiger partial charge is 0.343 e. The zero-order chi connectivity index (χ0) is 17.9. The van der Waals surface area contributed by atoms with Gasteiger partial charge in [0.15, 0.2) is 0 Å². The predicted molar refractivity (Wildman–Crippen MR) is 107 cm³/mol. The van der Waals surface area contributed by atoms with Gasteiger partial charge in [0.2, 0.25) is 0 Å². The van der Waals surface area contributed by atoms with Crippen molar-refractivity contribution in [3.8, 4) is 0 Å². The fourth-order valence-corrected chi connectivity index (χ4v) is 2.19. The van der Waals surface area contributed by atoms with Crippen LogP contribution < -0.4 is 56.6 Å². The number of rotatable bonds is 9. The van der Waals surface area contributed by atoms with E-state index in [1.165, 1.54) is 63.7 Å². The Kier molecular flexibility index (Phi) is 55.1. The third-order valence-corrected chi connectivity index (χ3v) is 3.15. The van der Waals surface area contributed by atoms with Gasteiger partial charge in [0.25, 0.3) is 0 Å². The largest absolute Gasteiger partial charge is 1.00 e. The first-order chi connectivity index (χ1) is 10.2. The second kappa shape index (κ2) is 33.4. The van der Waals surface area contributed by atoms with Gasteiger partial charge < -0.3 is 19.3 Å². The molecule has 138 valence electrons. The molecule has 0 bridgehead atoms. The molecule has 0 nitrogen and oxygen atoms in total. The van der Waals surface area contributed by atoms with Crippen LogP contribution in [0.5, 0.6) is 0 Å². The summed E-state index contributed by atoms with van der Waals surface area (Å²) in [7, 11) is 0. The van der Waals surface area contributed by atoms with Gasteiger partial charge in [0.1, 0.15) is 0 Å². The van der Waals surface area contributed by atoms with Crippen molar-refractivity contribution in [2.24, 2.45) is 5.41 Å². The summed E-state index contributed by atoms with van der Waals surface area (Å²) in [5.74, 6) is 1.53. The van der Waals surface area contributed by atoms with E-state index in [1.807, 2.05) is 0 Å². The summed E-state index contributed by atoms with van der Waals surface area (Å²) in [4.78, 5) is 0. The Morgan fingerprint density at radius 2 is 1.16 bits per heavy atom. The molecule has 0 fully saturated rings. The van der Waals surface area contributed by atoms with Crippen LogP contribution in [0, 0.1) is 24.7 Å². The van der Waals surface area contributed by atoms with E-state index in [0.29, 0.717) is 5.41 Å². The second-order valence-corrected chi connectivity index (χ2v) is 7.74. The van der Waals surface area contributed by atoms with Gasteiger partial charge in [-0.3, -0.25) is 0 Å². The van der Waals surface area contributed by atoms with Crippen molar-refractivity contribution in [1.82, 2.24) is 0 Å². The van der Waals surface area contributed by atoms with Crippen LogP contribution in [-0.4, -0.2) is 0 Å². The van der Waals surface area contributed by atoms with Crippen LogP contribution in [0.25, 0.3) is 0 Å². The van der Waals surface area contributed by atoms with Crippen molar-refractivity contribution >= 4 is 0 Å². The number of hydrogen-bond acceptors (Lipinski definition) is 0. The van der Waals surface area contributed by atoms with Crippen LogP contribution in [0.3, 0.4) is 0 Å². The molecule has 0 aliphatic rings. The Morgan fingerprint density at radius 1 is 0.800 bits per heavy atom. The first-order valence-corrected chi connectivity index (χ1v) is 9.61. The maximum atomic E-state index is 3.82. The molecular weight excluding hydrogens is 285 g/mol. The maximum absolute atomic E-state index is 3.82. The van der Waals surface area contributed by atoms with Crippen LogP contribution in [0.15, 0.2) is 0 Å². The molecule has 0 aromatic carbocycles. The van der Waals surface area contributed by atoms with Crippen LogP contribution in [-0.2, 0) is 0 Å². The van der Waals surface area contributed by atoms with Gasteiger partial charge >= 0.3 is 56.6 Å². The molecule has 25 heavy (non-hydrogen) atoms. The molecule has 0 unspecified atom stereocenters. The Bertz CT molecular complexity index is 165. The summed E-state index contributed by atoms with van der Waals surface area (Å²) < 4.78 is 0. The van der Waals surface area contributed by atoms with Crippen LogP contribution >= 0.6 is 0 Å². The third kappa shape index (κ3) is 66.7. The van der Waals surface area contributed by atoms with Gasteiger partial charge in [0.05, 0.1) is 0 Å².